The normalized spacial score (nSPS) is 47.2. The average Bonchev–Trinajstić information content (AvgIpc) is 2.92. The van der Waals surface area contributed by atoms with Crippen molar-refractivity contribution >= 4 is 22.8 Å². The van der Waals surface area contributed by atoms with Crippen LogP contribution >= 0.6 is 11.6 Å². The summed E-state index contributed by atoms with van der Waals surface area (Å²) in [6.45, 7) is 6.28. The van der Waals surface area contributed by atoms with Crippen molar-refractivity contribution in [3.8, 4) is 0 Å². The first-order valence-corrected chi connectivity index (χ1v) is 10.7. The Morgan fingerprint density at radius 3 is 2.54 bits per heavy atom. The smallest absolute Gasteiger partial charge is 0.303 e. The summed E-state index contributed by atoms with van der Waals surface area (Å²) in [5.41, 5.74) is 1.86. The number of halogens is 1. The van der Waals surface area contributed by atoms with Crippen molar-refractivity contribution < 1.29 is 14.3 Å². The Morgan fingerprint density at radius 1 is 1.08 bits per heavy atom. The minimum atomic E-state index is -0.180. The van der Waals surface area contributed by atoms with Gasteiger partial charge in [-0.05, 0) is 97.6 Å². The summed E-state index contributed by atoms with van der Waals surface area (Å²) >= 11 is 5.97. The number of ether oxygens (including phenoxy) is 1. The number of esters is 1. The van der Waals surface area contributed by atoms with E-state index in [-0.39, 0.29) is 34.1 Å². The maximum atomic E-state index is 12.0. The van der Waals surface area contributed by atoms with Gasteiger partial charge >= 0.3 is 5.97 Å². The minimum Gasteiger partial charge on any atom is -0.458 e. The van der Waals surface area contributed by atoms with E-state index in [0.29, 0.717) is 17.8 Å². The molecule has 0 saturated heterocycles. The van der Waals surface area contributed by atoms with Crippen LogP contribution in [0.2, 0.25) is 0 Å². The van der Waals surface area contributed by atoms with Crippen LogP contribution in [0.25, 0.3) is 0 Å². The van der Waals surface area contributed by atoms with E-state index < -0.39 is 0 Å². The summed E-state index contributed by atoms with van der Waals surface area (Å²) in [6.07, 6.45) is 11.0. The zero-order valence-corrected chi connectivity index (χ0v) is 17.0. The molecule has 26 heavy (non-hydrogen) atoms. The Balaban J connectivity index is 1.59. The molecule has 4 aliphatic rings. The number of allylic oxidation sites excluding steroid dienone is 1. The highest BCUT2D eigenvalue weighted by Gasteiger charge is 2.60. The van der Waals surface area contributed by atoms with Gasteiger partial charge in [-0.15, -0.1) is 0 Å². The van der Waals surface area contributed by atoms with Crippen molar-refractivity contribution in [2.75, 3.05) is 0 Å². The average molecular weight is 379 g/mol. The molecule has 0 N–H and O–H groups in total. The number of carbonyl (C=O) groups is 2. The van der Waals surface area contributed by atoms with E-state index in [2.05, 4.69) is 19.9 Å². The van der Waals surface area contributed by atoms with Gasteiger partial charge in [0.15, 0.2) is 0 Å². The largest absolute Gasteiger partial charge is 0.458 e. The molecule has 0 bridgehead atoms. The monoisotopic (exact) mass is 378 g/mol. The van der Waals surface area contributed by atoms with Crippen LogP contribution in [0.3, 0.4) is 0 Å². The Labute approximate surface area is 161 Å². The molecule has 4 aliphatic carbocycles. The van der Waals surface area contributed by atoms with Gasteiger partial charge in [0.25, 0.3) is 0 Å². The lowest BCUT2D eigenvalue weighted by atomic mass is 9.47. The van der Waals surface area contributed by atoms with E-state index in [1.54, 1.807) is 0 Å². The number of hydrogen-bond acceptors (Lipinski definition) is 3. The number of fused-ring (bicyclic) bond motifs is 5. The summed E-state index contributed by atoms with van der Waals surface area (Å²) in [6, 6.07) is 0. The molecule has 0 spiro atoms. The van der Waals surface area contributed by atoms with Crippen molar-refractivity contribution in [1.29, 1.82) is 0 Å². The first-order valence-electron chi connectivity index (χ1n) is 10.3. The SMILES string of the molecule is CC(=O)O[C@@H]1C=C2CC[C@H]3[C@@H]4CC[C@H](C(=O)Cl)[C@@]4(C)CC[C@@H]3[C@@]2(C)CC1. The van der Waals surface area contributed by atoms with Crippen LogP contribution in [0.1, 0.15) is 72.1 Å². The Morgan fingerprint density at radius 2 is 1.85 bits per heavy atom. The molecule has 0 unspecified atom stereocenters. The molecule has 3 saturated carbocycles. The van der Waals surface area contributed by atoms with Gasteiger partial charge in [0.2, 0.25) is 5.24 Å². The quantitative estimate of drug-likeness (QED) is 0.374. The highest BCUT2D eigenvalue weighted by Crippen LogP contribution is 2.66. The second kappa shape index (κ2) is 6.36. The van der Waals surface area contributed by atoms with E-state index in [4.69, 9.17) is 16.3 Å². The lowest BCUT2D eigenvalue weighted by Gasteiger charge is -2.58. The van der Waals surface area contributed by atoms with Crippen LogP contribution < -0.4 is 0 Å². The lowest BCUT2D eigenvalue weighted by molar-refractivity contribution is -0.145. The third-order valence-corrected chi connectivity index (χ3v) is 8.93. The van der Waals surface area contributed by atoms with Gasteiger partial charge in [-0.2, -0.15) is 0 Å². The van der Waals surface area contributed by atoms with E-state index in [1.165, 1.54) is 25.3 Å². The van der Waals surface area contributed by atoms with Crippen LogP contribution in [0, 0.1) is 34.5 Å². The molecule has 0 amide bonds. The van der Waals surface area contributed by atoms with Crippen LogP contribution in [0.15, 0.2) is 11.6 Å². The van der Waals surface area contributed by atoms with Crippen LogP contribution in [0.4, 0.5) is 0 Å². The van der Waals surface area contributed by atoms with Gasteiger partial charge in [-0.25, -0.2) is 0 Å². The summed E-state index contributed by atoms with van der Waals surface area (Å²) in [4.78, 5) is 23.3. The molecule has 0 aliphatic heterocycles. The summed E-state index contributed by atoms with van der Waals surface area (Å²) in [7, 11) is 0. The molecule has 0 radical (unpaired) electrons. The van der Waals surface area contributed by atoms with E-state index in [0.717, 1.165) is 38.5 Å². The summed E-state index contributed by atoms with van der Waals surface area (Å²) < 4.78 is 5.48. The molecule has 4 rings (SSSR count). The third-order valence-electron chi connectivity index (χ3n) is 8.66. The maximum absolute atomic E-state index is 12.0. The van der Waals surface area contributed by atoms with Crippen molar-refractivity contribution in [2.24, 2.45) is 34.5 Å². The number of rotatable bonds is 2. The van der Waals surface area contributed by atoms with Gasteiger partial charge < -0.3 is 4.74 Å². The maximum Gasteiger partial charge on any atom is 0.303 e. The Kier molecular flexibility index (Phi) is 4.53. The van der Waals surface area contributed by atoms with Crippen molar-refractivity contribution in [2.45, 2.75) is 78.2 Å². The van der Waals surface area contributed by atoms with Crippen molar-refractivity contribution in [1.82, 2.24) is 0 Å². The molecule has 0 aromatic carbocycles. The fourth-order valence-corrected chi connectivity index (χ4v) is 7.73. The third kappa shape index (κ3) is 2.68. The van der Waals surface area contributed by atoms with Gasteiger partial charge in [0, 0.05) is 12.8 Å². The van der Waals surface area contributed by atoms with Gasteiger partial charge in [-0.3, -0.25) is 9.59 Å². The van der Waals surface area contributed by atoms with E-state index in [1.807, 2.05) is 0 Å². The zero-order valence-electron chi connectivity index (χ0n) is 16.2. The molecule has 0 aromatic rings. The topological polar surface area (TPSA) is 43.4 Å². The Bertz CT molecular complexity index is 656. The fraction of sp³-hybridized carbons (Fsp3) is 0.818. The summed E-state index contributed by atoms with van der Waals surface area (Å²) in [5, 5.41) is -0.113. The molecule has 3 fully saturated rings. The van der Waals surface area contributed by atoms with Gasteiger partial charge in [0.05, 0.1) is 0 Å². The zero-order chi connectivity index (χ0) is 18.7. The second-order valence-corrected chi connectivity index (χ2v) is 10.1. The van der Waals surface area contributed by atoms with Crippen LogP contribution in [-0.2, 0) is 14.3 Å². The molecule has 0 aromatic heterocycles. The molecule has 7 atom stereocenters. The van der Waals surface area contributed by atoms with E-state index in [9.17, 15) is 9.59 Å². The fourth-order valence-electron chi connectivity index (χ4n) is 7.38. The highest BCUT2D eigenvalue weighted by atomic mass is 35.5. The van der Waals surface area contributed by atoms with Crippen LogP contribution in [0.5, 0.6) is 0 Å². The first-order chi connectivity index (χ1) is 12.3. The second-order valence-electron chi connectivity index (χ2n) is 9.69. The predicted molar refractivity (Wildman–Crippen MR) is 102 cm³/mol. The summed E-state index contributed by atoms with van der Waals surface area (Å²) in [5.74, 6) is 1.92. The highest BCUT2D eigenvalue weighted by molar-refractivity contribution is 6.64. The predicted octanol–water partition coefficient (Wildman–Crippen LogP) is 5.26. The number of carbonyl (C=O) groups excluding carboxylic acids is 2. The molecule has 4 heteroatoms. The standard InChI is InChI=1S/C22H31ClO3/c1-13(24)26-15-8-10-21(2)14(12-15)4-5-16-17-6-7-19(20(23)25)22(17,3)11-9-18(16)21/h12,15-19H,4-11H2,1-3H3/t15-,16-,17-,18-,19+,21-,22-/m0/s1. The molecular formula is C22H31ClO3. The first kappa shape index (κ1) is 18.5. The minimum absolute atomic E-state index is 0.0364. The number of hydrogen-bond donors (Lipinski definition) is 0. The van der Waals surface area contributed by atoms with Gasteiger partial charge in [-0.1, -0.05) is 19.4 Å². The van der Waals surface area contributed by atoms with Gasteiger partial charge in [0.1, 0.15) is 6.10 Å². The van der Waals surface area contributed by atoms with E-state index >= 15 is 0 Å². The van der Waals surface area contributed by atoms with Crippen LogP contribution in [-0.4, -0.2) is 17.3 Å². The Hall–Kier alpha value is -0.830. The molecule has 144 valence electrons. The molecule has 0 heterocycles. The lowest BCUT2D eigenvalue weighted by Crippen LogP contribution is -2.51. The molecule has 3 nitrogen and oxygen atoms in total. The van der Waals surface area contributed by atoms with Crippen molar-refractivity contribution in [3.63, 3.8) is 0 Å². The molecular weight excluding hydrogens is 348 g/mol. The van der Waals surface area contributed by atoms with Crippen molar-refractivity contribution in [3.05, 3.63) is 11.6 Å².